The van der Waals surface area contributed by atoms with E-state index in [9.17, 15) is 4.79 Å². The van der Waals surface area contributed by atoms with E-state index in [2.05, 4.69) is 6.92 Å². The Morgan fingerprint density at radius 2 is 1.85 bits per heavy atom. The Morgan fingerprint density at radius 1 is 1.23 bits per heavy atom. The normalized spacial score (nSPS) is 40.8. The minimum atomic E-state index is 0.187. The molecule has 0 aromatic heterocycles. The fourth-order valence-electron chi connectivity index (χ4n) is 3.39. The van der Waals surface area contributed by atoms with Crippen molar-refractivity contribution in [2.45, 2.75) is 58.8 Å². The standard InChI is InChI=1S/C12H20O/c1-3-4-5-6-11-7-12(8-11,9-11)10(2)13/h3-9H2,1-2H3. The van der Waals surface area contributed by atoms with E-state index >= 15 is 0 Å². The van der Waals surface area contributed by atoms with Gasteiger partial charge in [0.25, 0.3) is 0 Å². The van der Waals surface area contributed by atoms with E-state index in [-0.39, 0.29) is 5.41 Å². The average molecular weight is 180 g/mol. The van der Waals surface area contributed by atoms with E-state index in [1.165, 1.54) is 44.9 Å². The van der Waals surface area contributed by atoms with Gasteiger partial charge in [0.15, 0.2) is 0 Å². The van der Waals surface area contributed by atoms with Crippen molar-refractivity contribution in [3.05, 3.63) is 0 Å². The van der Waals surface area contributed by atoms with Crippen LogP contribution in [0.15, 0.2) is 0 Å². The molecule has 0 radical (unpaired) electrons. The fourth-order valence-corrected chi connectivity index (χ4v) is 3.39. The Labute approximate surface area is 80.9 Å². The Bertz CT molecular complexity index is 210. The summed E-state index contributed by atoms with van der Waals surface area (Å²) in [6.45, 7) is 4.02. The molecule has 3 fully saturated rings. The minimum absolute atomic E-state index is 0.187. The first-order valence-corrected chi connectivity index (χ1v) is 5.64. The molecule has 0 unspecified atom stereocenters. The maximum absolute atomic E-state index is 11.3. The van der Waals surface area contributed by atoms with Gasteiger partial charge in [-0.1, -0.05) is 26.2 Å². The van der Waals surface area contributed by atoms with Gasteiger partial charge in [-0.2, -0.15) is 0 Å². The number of ketones is 1. The van der Waals surface area contributed by atoms with Gasteiger partial charge >= 0.3 is 0 Å². The van der Waals surface area contributed by atoms with Crippen molar-refractivity contribution in [3.8, 4) is 0 Å². The van der Waals surface area contributed by atoms with E-state index in [0.717, 1.165) is 0 Å². The summed E-state index contributed by atoms with van der Waals surface area (Å²) in [5.74, 6) is 0.449. The molecule has 0 amide bonds. The van der Waals surface area contributed by atoms with Crippen LogP contribution in [-0.4, -0.2) is 5.78 Å². The van der Waals surface area contributed by atoms with Crippen LogP contribution in [-0.2, 0) is 4.79 Å². The van der Waals surface area contributed by atoms with Crippen LogP contribution in [0.25, 0.3) is 0 Å². The van der Waals surface area contributed by atoms with Gasteiger partial charge in [0, 0.05) is 5.41 Å². The van der Waals surface area contributed by atoms with Crippen LogP contribution >= 0.6 is 0 Å². The van der Waals surface area contributed by atoms with E-state index in [1.807, 2.05) is 0 Å². The molecule has 0 heterocycles. The number of carbonyl (C=O) groups is 1. The van der Waals surface area contributed by atoms with Crippen molar-refractivity contribution in [1.82, 2.24) is 0 Å². The quantitative estimate of drug-likeness (QED) is 0.593. The van der Waals surface area contributed by atoms with Gasteiger partial charge < -0.3 is 0 Å². The summed E-state index contributed by atoms with van der Waals surface area (Å²) < 4.78 is 0. The van der Waals surface area contributed by atoms with Crippen molar-refractivity contribution >= 4 is 5.78 Å². The average Bonchev–Trinajstić information content (AvgIpc) is 1.90. The smallest absolute Gasteiger partial charge is 0.136 e. The molecule has 3 saturated carbocycles. The van der Waals surface area contributed by atoms with Crippen LogP contribution in [0, 0.1) is 10.8 Å². The molecular formula is C12H20O. The zero-order valence-corrected chi connectivity index (χ0v) is 8.86. The molecule has 3 aliphatic carbocycles. The molecule has 3 aliphatic rings. The lowest BCUT2D eigenvalue weighted by atomic mass is 9.33. The molecular weight excluding hydrogens is 160 g/mol. The molecule has 0 saturated heterocycles. The number of carbonyl (C=O) groups excluding carboxylic acids is 1. The summed E-state index contributed by atoms with van der Waals surface area (Å²) in [6, 6.07) is 0. The predicted molar refractivity (Wildman–Crippen MR) is 53.5 cm³/mol. The molecule has 0 N–H and O–H groups in total. The lowest BCUT2D eigenvalue weighted by Crippen LogP contribution is -2.64. The Balaban J connectivity index is 1.74. The number of Topliss-reactive ketones (excluding diaryl/α,β-unsaturated/α-hetero) is 1. The zero-order chi connectivity index (χ0) is 9.53. The second kappa shape index (κ2) is 2.83. The SMILES string of the molecule is CCCCCC12CC(C(C)=O)(C1)C2. The highest BCUT2D eigenvalue weighted by molar-refractivity contribution is 5.86. The molecule has 74 valence electrons. The van der Waals surface area contributed by atoms with Gasteiger partial charge in [-0.3, -0.25) is 4.79 Å². The highest BCUT2D eigenvalue weighted by Gasteiger charge is 2.68. The maximum atomic E-state index is 11.3. The Kier molecular flexibility index (Phi) is 2.01. The summed E-state index contributed by atoms with van der Waals surface area (Å²) in [5.41, 5.74) is 0.826. The van der Waals surface area contributed by atoms with Crippen LogP contribution in [0.3, 0.4) is 0 Å². The third-order valence-corrected chi connectivity index (χ3v) is 4.20. The molecule has 0 aromatic rings. The molecule has 1 nitrogen and oxygen atoms in total. The van der Waals surface area contributed by atoms with Gasteiger partial charge in [-0.05, 0) is 38.0 Å². The van der Waals surface area contributed by atoms with Gasteiger partial charge in [0.1, 0.15) is 5.78 Å². The molecule has 0 spiro atoms. The first kappa shape index (κ1) is 9.23. The van der Waals surface area contributed by atoms with Crippen LogP contribution in [0.2, 0.25) is 0 Å². The highest BCUT2D eigenvalue weighted by Crippen LogP contribution is 2.75. The predicted octanol–water partition coefficient (Wildman–Crippen LogP) is 3.33. The summed E-state index contributed by atoms with van der Waals surface area (Å²) in [7, 11) is 0. The third kappa shape index (κ3) is 1.24. The molecule has 1 heteroatoms. The summed E-state index contributed by atoms with van der Waals surface area (Å²) in [5, 5.41) is 0. The fraction of sp³-hybridized carbons (Fsp3) is 0.917. The summed E-state index contributed by atoms with van der Waals surface area (Å²) in [6.07, 6.45) is 9.11. The first-order valence-electron chi connectivity index (χ1n) is 5.64. The van der Waals surface area contributed by atoms with E-state index in [0.29, 0.717) is 11.2 Å². The molecule has 2 bridgehead atoms. The van der Waals surface area contributed by atoms with E-state index in [1.54, 1.807) is 6.92 Å². The second-order valence-corrected chi connectivity index (χ2v) is 5.32. The number of hydrogen-bond donors (Lipinski definition) is 0. The third-order valence-electron chi connectivity index (χ3n) is 4.20. The number of hydrogen-bond acceptors (Lipinski definition) is 1. The zero-order valence-electron chi connectivity index (χ0n) is 8.86. The molecule has 0 atom stereocenters. The van der Waals surface area contributed by atoms with E-state index in [4.69, 9.17) is 0 Å². The van der Waals surface area contributed by atoms with Crippen LogP contribution in [0.4, 0.5) is 0 Å². The monoisotopic (exact) mass is 180 g/mol. The number of unbranched alkanes of at least 4 members (excludes halogenated alkanes) is 2. The maximum Gasteiger partial charge on any atom is 0.136 e. The van der Waals surface area contributed by atoms with Crippen molar-refractivity contribution in [1.29, 1.82) is 0 Å². The topological polar surface area (TPSA) is 17.1 Å². The van der Waals surface area contributed by atoms with Crippen LogP contribution in [0.5, 0.6) is 0 Å². The molecule has 0 aromatic carbocycles. The molecule has 13 heavy (non-hydrogen) atoms. The van der Waals surface area contributed by atoms with Crippen molar-refractivity contribution in [3.63, 3.8) is 0 Å². The van der Waals surface area contributed by atoms with E-state index < -0.39 is 0 Å². The molecule has 3 rings (SSSR count). The second-order valence-electron chi connectivity index (χ2n) is 5.32. The Hall–Kier alpha value is -0.330. The van der Waals surface area contributed by atoms with Crippen molar-refractivity contribution < 1.29 is 4.79 Å². The highest BCUT2D eigenvalue weighted by atomic mass is 16.1. The number of rotatable bonds is 5. The van der Waals surface area contributed by atoms with Crippen LogP contribution < -0.4 is 0 Å². The van der Waals surface area contributed by atoms with Crippen molar-refractivity contribution in [2.24, 2.45) is 10.8 Å². The Morgan fingerprint density at radius 3 is 2.31 bits per heavy atom. The summed E-state index contributed by atoms with van der Waals surface area (Å²) in [4.78, 5) is 11.3. The van der Waals surface area contributed by atoms with Crippen molar-refractivity contribution in [2.75, 3.05) is 0 Å². The first-order chi connectivity index (χ1) is 6.13. The van der Waals surface area contributed by atoms with Gasteiger partial charge in [-0.15, -0.1) is 0 Å². The lowest BCUT2D eigenvalue weighted by molar-refractivity contribution is -0.206. The van der Waals surface area contributed by atoms with Gasteiger partial charge in [0.2, 0.25) is 0 Å². The lowest BCUT2D eigenvalue weighted by Gasteiger charge is -2.70. The minimum Gasteiger partial charge on any atom is -0.299 e. The summed E-state index contributed by atoms with van der Waals surface area (Å²) >= 11 is 0. The van der Waals surface area contributed by atoms with Gasteiger partial charge in [0.05, 0.1) is 0 Å². The van der Waals surface area contributed by atoms with Gasteiger partial charge in [-0.25, -0.2) is 0 Å². The largest absolute Gasteiger partial charge is 0.299 e. The van der Waals surface area contributed by atoms with Crippen LogP contribution in [0.1, 0.15) is 58.8 Å². The molecule has 0 aliphatic heterocycles.